The van der Waals surface area contributed by atoms with E-state index in [0.29, 0.717) is 0 Å². The van der Waals surface area contributed by atoms with Crippen LogP contribution in [0.25, 0.3) is 0 Å². The molecule has 1 aromatic heterocycles. The summed E-state index contributed by atoms with van der Waals surface area (Å²) >= 11 is 0. The normalized spacial score (nSPS) is 14.9. The molecule has 1 aliphatic rings. The molecule has 150 valence electrons. The maximum absolute atomic E-state index is 12.9. The molecule has 5 nitrogen and oxygen atoms in total. The van der Waals surface area contributed by atoms with E-state index in [1.54, 1.807) is 6.20 Å². The molecule has 28 heavy (non-hydrogen) atoms. The van der Waals surface area contributed by atoms with Crippen molar-refractivity contribution >= 4 is 11.7 Å². The predicted molar refractivity (Wildman–Crippen MR) is 115 cm³/mol. The number of hydrogen-bond acceptors (Lipinski definition) is 4. The van der Waals surface area contributed by atoms with E-state index < -0.39 is 0 Å². The molecule has 1 aromatic carbocycles. The molecule has 2 aromatic rings. The quantitative estimate of drug-likeness (QED) is 0.701. The van der Waals surface area contributed by atoms with Crippen LogP contribution in [-0.4, -0.2) is 60.0 Å². The Kier molecular flexibility index (Phi) is 7.43. The third kappa shape index (κ3) is 5.32. The number of anilines is 1. The van der Waals surface area contributed by atoms with Crippen molar-refractivity contribution in [3.05, 3.63) is 59.8 Å². The molecule has 5 heteroatoms. The summed E-state index contributed by atoms with van der Waals surface area (Å²) in [7, 11) is 0. The van der Waals surface area contributed by atoms with E-state index in [1.165, 1.54) is 5.56 Å². The third-order valence-corrected chi connectivity index (χ3v) is 5.21. The van der Waals surface area contributed by atoms with Gasteiger partial charge in [0.05, 0.1) is 0 Å². The third-order valence-electron chi connectivity index (χ3n) is 5.21. The van der Waals surface area contributed by atoms with Crippen molar-refractivity contribution in [2.24, 2.45) is 0 Å². The number of carbonyl (C=O) groups excluding carboxylic acids is 1. The molecule has 0 atom stereocenters. The van der Waals surface area contributed by atoms with E-state index >= 15 is 0 Å². The Morgan fingerprint density at radius 3 is 2.32 bits per heavy atom. The van der Waals surface area contributed by atoms with Crippen molar-refractivity contribution in [3.8, 4) is 0 Å². The minimum Gasteiger partial charge on any atom is -0.354 e. The molecule has 3 rings (SSSR count). The van der Waals surface area contributed by atoms with Crippen LogP contribution in [0.1, 0.15) is 42.6 Å². The highest BCUT2D eigenvalue weighted by Gasteiger charge is 2.20. The lowest BCUT2D eigenvalue weighted by Gasteiger charge is -2.35. The summed E-state index contributed by atoms with van der Waals surface area (Å²) in [6.45, 7) is 10.7. The Morgan fingerprint density at radius 2 is 1.68 bits per heavy atom. The Labute approximate surface area is 169 Å². The van der Waals surface area contributed by atoms with Gasteiger partial charge in [-0.15, -0.1) is 0 Å². The second-order valence-electron chi connectivity index (χ2n) is 7.44. The van der Waals surface area contributed by atoms with Crippen LogP contribution in [-0.2, 0) is 6.54 Å². The molecule has 1 fully saturated rings. The molecule has 1 aliphatic heterocycles. The van der Waals surface area contributed by atoms with Crippen LogP contribution in [0.3, 0.4) is 0 Å². The smallest absolute Gasteiger partial charge is 0.254 e. The van der Waals surface area contributed by atoms with Crippen LogP contribution < -0.4 is 4.90 Å². The SMILES string of the molecule is CCCN(CCC)C(=O)c1ccnc(N2CCN(Cc3ccccc3)CC2)c1. The predicted octanol–water partition coefficient (Wildman–Crippen LogP) is 3.67. The Hall–Kier alpha value is -2.40. The molecule has 0 spiro atoms. The summed E-state index contributed by atoms with van der Waals surface area (Å²) < 4.78 is 0. The number of carbonyl (C=O) groups is 1. The van der Waals surface area contributed by atoms with Gasteiger partial charge >= 0.3 is 0 Å². The van der Waals surface area contributed by atoms with Crippen LogP contribution in [0.4, 0.5) is 5.82 Å². The van der Waals surface area contributed by atoms with Crippen LogP contribution in [0.15, 0.2) is 48.7 Å². The molecule has 0 radical (unpaired) electrons. The van der Waals surface area contributed by atoms with Crippen molar-refractivity contribution in [1.29, 1.82) is 0 Å². The van der Waals surface area contributed by atoms with Crippen molar-refractivity contribution in [2.75, 3.05) is 44.2 Å². The van der Waals surface area contributed by atoms with E-state index in [9.17, 15) is 4.79 Å². The second-order valence-corrected chi connectivity index (χ2v) is 7.44. The van der Waals surface area contributed by atoms with Gasteiger partial charge in [-0.1, -0.05) is 44.2 Å². The fourth-order valence-electron chi connectivity index (χ4n) is 3.74. The number of nitrogens with zero attached hydrogens (tertiary/aromatic N) is 4. The van der Waals surface area contributed by atoms with Gasteiger partial charge in [0.1, 0.15) is 5.82 Å². The van der Waals surface area contributed by atoms with Crippen molar-refractivity contribution in [3.63, 3.8) is 0 Å². The first kappa shape index (κ1) is 20.3. The average Bonchev–Trinajstić information content (AvgIpc) is 2.74. The second kappa shape index (κ2) is 10.2. The molecular formula is C23H32N4O. The summed E-state index contributed by atoms with van der Waals surface area (Å²) in [6.07, 6.45) is 3.73. The maximum atomic E-state index is 12.9. The monoisotopic (exact) mass is 380 g/mol. The Balaban J connectivity index is 1.60. The first-order valence-electron chi connectivity index (χ1n) is 10.5. The van der Waals surface area contributed by atoms with Crippen LogP contribution >= 0.6 is 0 Å². The lowest BCUT2D eigenvalue weighted by Crippen LogP contribution is -2.46. The van der Waals surface area contributed by atoms with Gasteiger partial charge in [-0.2, -0.15) is 0 Å². The van der Waals surface area contributed by atoms with Crippen molar-refractivity contribution in [1.82, 2.24) is 14.8 Å². The fourth-order valence-corrected chi connectivity index (χ4v) is 3.74. The zero-order chi connectivity index (χ0) is 19.8. The van der Waals surface area contributed by atoms with Crippen LogP contribution in [0.2, 0.25) is 0 Å². The van der Waals surface area contributed by atoms with Gasteiger partial charge in [0.2, 0.25) is 0 Å². The molecule has 0 saturated carbocycles. The first-order chi connectivity index (χ1) is 13.7. The summed E-state index contributed by atoms with van der Waals surface area (Å²) in [4.78, 5) is 24.2. The highest BCUT2D eigenvalue weighted by atomic mass is 16.2. The zero-order valence-corrected chi connectivity index (χ0v) is 17.2. The summed E-state index contributed by atoms with van der Waals surface area (Å²) in [6, 6.07) is 14.4. The van der Waals surface area contributed by atoms with Gasteiger partial charge in [-0.3, -0.25) is 9.69 Å². The molecule has 0 aliphatic carbocycles. The van der Waals surface area contributed by atoms with Crippen LogP contribution in [0, 0.1) is 0 Å². The number of aromatic nitrogens is 1. The van der Waals surface area contributed by atoms with Crippen molar-refractivity contribution in [2.45, 2.75) is 33.2 Å². The van der Waals surface area contributed by atoms with E-state index in [2.05, 4.69) is 59.0 Å². The van der Waals surface area contributed by atoms with Gasteiger partial charge in [0, 0.05) is 57.6 Å². The van der Waals surface area contributed by atoms with Gasteiger partial charge in [0.15, 0.2) is 0 Å². The Bertz CT molecular complexity index is 735. The topological polar surface area (TPSA) is 39.7 Å². The number of amides is 1. The van der Waals surface area contributed by atoms with E-state index in [1.807, 2.05) is 17.0 Å². The molecule has 0 bridgehead atoms. The highest BCUT2D eigenvalue weighted by Crippen LogP contribution is 2.18. The molecule has 1 amide bonds. The highest BCUT2D eigenvalue weighted by molar-refractivity contribution is 5.94. The summed E-state index contributed by atoms with van der Waals surface area (Å²) in [5.74, 6) is 1.04. The standard InChI is InChI=1S/C23H32N4O/c1-3-12-27(13-4-2)23(28)21-10-11-24-22(18-21)26-16-14-25(15-17-26)19-20-8-6-5-7-9-20/h5-11,18H,3-4,12-17,19H2,1-2H3. The lowest BCUT2D eigenvalue weighted by atomic mass is 10.2. The van der Waals surface area contributed by atoms with Gasteiger partial charge < -0.3 is 9.80 Å². The van der Waals surface area contributed by atoms with Crippen molar-refractivity contribution < 1.29 is 4.79 Å². The average molecular weight is 381 g/mol. The van der Waals surface area contributed by atoms with E-state index in [4.69, 9.17) is 0 Å². The van der Waals surface area contributed by atoms with Gasteiger partial charge in [-0.05, 0) is 30.5 Å². The number of pyridine rings is 1. The van der Waals surface area contributed by atoms with E-state index in [0.717, 1.165) is 70.0 Å². The largest absolute Gasteiger partial charge is 0.354 e. The minimum absolute atomic E-state index is 0.120. The van der Waals surface area contributed by atoms with Gasteiger partial charge in [0.25, 0.3) is 5.91 Å². The fraction of sp³-hybridized carbons (Fsp3) is 0.478. The lowest BCUT2D eigenvalue weighted by molar-refractivity contribution is 0.0755. The molecule has 2 heterocycles. The number of rotatable bonds is 8. The summed E-state index contributed by atoms with van der Waals surface area (Å²) in [5, 5.41) is 0. The minimum atomic E-state index is 0.120. The first-order valence-corrected chi connectivity index (χ1v) is 10.5. The number of piperazine rings is 1. The number of benzene rings is 1. The summed E-state index contributed by atoms with van der Waals surface area (Å²) in [5.41, 5.74) is 2.10. The molecular weight excluding hydrogens is 348 g/mol. The molecule has 1 saturated heterocycles. The zero-order valence-electron chi connectivity index (χ0n) is 17.2. The Morgan fingerprint density at radius 1 is 1.00 bits per heavy atom. The molecule has 0 N–H and O–H groups in total. The van der Waals surface area contributed by atoms with Crippen LogP contribution in [0.5, 0.6) is 0 Å². The maximum Gasteiger partial charge on any atom is 0.254 e. The van der Waals surface area contributed by atoms with Gasteiger partial charge in [-0.25, -0.2) is 4.98 Å². The number of hydrogen-bond donors (Lipinski definition) is 0. The molecule has 0 unspecified atom stereocenters. The van der Waals surface area contributed by atoms with E-state index in [-0.39, 0.29) is 5.91 Å².